The van der Waals surface area contributed by atoms with Crippen molar-refractivity contribution >= 4 is 15.7 Å². The maximum atomic E-state index is 12.8. The fourth-order valence-electron chi connectivity index (χ4n) is 2.24. The van der Waals surface area contributed by atoms with Crippen LogP contribution in [-0.2, 0) is 10.0 Å². The van der Waals surface area contributed by atoms with E-state index in [2.05, 4.69) is 4.98 Å². The van der Waals surface area contributed by atoms with Gasteiger partial charge in [0.2, 0.25) is 0 Å². The molecule has 0 atom stereocenters. The molecule has 0 spiro atoms. The normalized spacial score (nSPS) is 11.4. The summed E-state index contributed by atoms with van der Waals surface area (Å²) >= 11 is 0. The third kappa shape index (κ3) is 2.79. The van der Waals surface area contributed by atoms with E-state index in [1.165, 1.54) is 48.8 Å². The lowest BCUT2D eigenvalue weighted by Crippen LogP contribution is -2.13. The van der Waals surface area contributed by atoms with Crippen molar-refractivity contribution in [3.63, 3.8) is 0 Å². The number of nitrogens with zero attached hydrogens (tertiary/aromatic N) is 3. The van der Waals surface area contributed by atoms with Crippen molar-refractivity contribution in [2.24, 2.45) is 0 Å². The molecule has 0 unspecified atom stereocenters. The molecule has 0 amide bonds. The highest BCUT2D eigenvalue weighted by atomic mass is 32.2. The summed E-state index contributed by atoms with van der Waals surface area (Å²) in [6.07, 6.45) is 2.73. The van der Waals surface area contributed by atoms with Gasteiger partial charge >= 0.3 is 0 Å². The van der Waals surface area contributed by atoms with Gasteiger partial charge in [-0.05, 0) is 31.2 Å². The molecule has 8 heteroatoms. The van der Waals surface area contributed by atoms with Crippen LogP contribution in [0.3, 0.4) is 0 Å². The van der Waals surface area contributed by atoms with Crippen LogP contribution in [0.15, 0.2) is 65.8 Å². The molecule has 2 aromatic carbocycles. The maximum absolute atomic E-state index is 12.8. The number of rotatable bonds is 4. The Morgan fingerprint density at radius 1 is 1.04 bits per heavy atom. The van der Waals surface area contributed by atoms with E-state index in [4.69, 9.17) is 0 Å². The first-order valence-corrected chi connectivity index (χ1v) is 8.44. The molecule has 1 aromatic heterocycles. The summed E-state index contributed by atoms with van der Waals surface area (Å²) < 4.78 is 26.6. The van der Waals surface area contributed by atoms with Gasteiger partial charge in [0.05, 0.1) is 9.82 Å². The highest BCUT2D eigenvalue weighted by molar-refractivity contribution is 7.90. The van der Waals surface area contributed by atoms with Crippen LogP contribution in [0, 0.1) is 17.0 Å². The summed E-state index contributed by atoms with van der Waals surface area (Å²) in [6, 6.07) is 12.1. The summed E-state index contributed by atoms with van der Waals surface area (Å²) in [4.78, 5) is 14.4. The molecule has 0 saturated heterocycles. The zero-order valence-corrected chi connectivity index (χ0v) is 13.5. The lowest BCUT2D eigenvalue weighted by atomic mass is 10.2. The molecule has 0 bridgehead atoms. The SMILES string of the molecule is Cc1ccc(S(=O)(=O)n2ccnc2-c2ccc([N+](=O)[O-])cc2)cc1. The minimum Gasteiger partial charge on any atom is -0.258 e. The van der Waals surface area contributed by atoms with E-state index in [1.807, 2.05) is 6.92 Å². The fraction of sp³-hybridized carbons (Fsp3) is 0.0625. The van der Waals surface area contributed by atoms with E-state index < -0.39 is 14.9 Å². The van der Waals surface area contributed by atoms with Crippen molar-refractivity contribution in [3.8, 4) is 11.4 Å². The van der Waals surface area contributed by atoms with Crippen LogP contribution >= 0.6 is 0 Å². The zero-order valence-electron chi connectivity index (χ0n) is 12.7. The van der Waals surface area contributed by atoms with E-state index in [1.54, 1.807) is 12.1 Å². The van der Waals surface area contributed by atoms with Crippen LogP contribution in [-0.4, -0.2) is 22.3 Å². The number of hydrogen-bond donors (Lipinski definition) is 0. The van der Waals surface area contributed by atoms with Gasteiger partial charge in [-0.3, -0.25) is 10.1 Å². The molecule has 0 aliphatic heterocycles. The van der Waals surface area contributed by atoms with Crippen LogP contribution in [0.5, 0.6) is 0 Å². The third-order valence-electron chi connectivity index (χ3n) is 3.52. The van der Waals surface area contributed by atoms with Gasteiger partial charge in [0.1, 0.15) is 0 Å². The molecule has 0 N–H and O–H groups in total. The van der Waals surface area contributed by atoms with Crippen molar-refractivity contribution in [3.05, 3.63) is 76.6 Å². The van der Waals surface area contributed by atoms with Gasteiger partial charge < -0.3 is 0 Å². The van der Waals surface area contributed by atoms with Crippen molar-refractivity contribution < 1.29 is 13.3 Å². The van der Waals surface area contributed by atoms with Crippen molar-refractivity contribution in [2.75, 3.05) is 0 Å². The number of hydrogen-bond acceptors (Lipinski definition) is 5. The zero-order chi connectivity index (χ0) is 17.3. The lowest BCUT2D eigenvalue weighted by molar-refractivity contribution is -0.384. The minimum absolute atomic E-state index is 0.0711. The summed E-state index contributed by atoms with van der Waals surface area (Å²) in [7, 11) is -3.80. The van der Waals surface area contributed by atoms with E-state index in [9.17, 15) is 18.5 Å². The lowest BCUT2D eigenvalue weighted by Gasteiger charge is -2.09. The summed E-state index contributed by atoms with van der Waals surface area (Å²) in [5, 5.41) is 10.7. The fourth-order valence-corrected chi connectivity index (χ4v) is 3.55. The van der Waals surface area contributed by atoms with Gasteiger partial charge in [0, 0.05) is 30.1 Å². The quantitative estimate of drug-likeness (QED) is 0.536. The Bertz CT molecular complexity index is 991. The van der Waals surface area contributed by atoms with Crippen LogP contribution in [0.1, 0.15) is 5.56 Å². The Balaban J connectivity index is 2.07. The molecule has 24 heavy (non-hydrogen) atoms. The summed E-state index contributed by atoms with van der Waals surface area (Å²) in [6.45, 7) is 1.87. The second-order valence-electron chi connectivity index (χ2n) is 5.17. The highest BCUT2D eigenvalue weighted by Crippen LogP contribution is 2.24. The van der Waals surface area contributed by atoms with Gasteiger partial charge in [0.25, 0.3) is 15.7 Å². The van der Waals surface area contributed by atoms with Gasteiger partial charge in [-0.15, -0.1) is 0 Å². The largest absolute Gasteiger partial charge is 0.269 e. The Hall–Kier alpha value is -3.00. The Morgan fingerprint density at radius 3 is 2.25 bits per heavy atom. The van der Waals surface area contributed by atoms with Crippen molar-refractivity contribution in [1.29, 1.82) is 0 Å². The van der Waals surface area contributed by atoms with Gasteiger partial charge in [0.15, 0.2) is 5.82 Å². The Morgan fingerprint density at radius 2 is 1.67 bits per heavy atom. The summed E-state index contributed by atoms with van der Waals surface area (Å²) in [5.41, 5.74) is 1.36. The number of imidazole rings is 1. The molecule has 0 fully saturated rings. The molecule has 0 aliphatic carbocycles. The van der Waals surface area contributed by atoms with Crippen LogP contribution in [0.4, 0.5) is 5.69 Å². The topological polar surface area (TPSA) is 95.1 Å². The molecule has 0 aliphatic rings. The second-order valence-corrected chi connectivity index (χ2v) is 6.98. The Labute approximate surface area is 138 Å². The van der Waals surface area contributed by atoms with Crippen molar-refractivity contribution in [1.82, 2.24) is 8.96 Å². The number of nitro benzene ring substituents is 1. The van der Waals surface area contributed by atoms with Gasteiger partial charge in [-0.2, -0.15) is 0 Å². The molecule has 7 nitrogen and oxygen atoms in total. The first kappa shape index (κ1) is 15.9. The molecule has 0 radical (unpaired) electrons. The molecular formula is C16H13N3O4S. The summed E-state index contributed by atoms with van der Waals surface area (Å²) in [5.74, 6) is 0.200. The average molecular weight is 343 g/mol. The van der Waals surface area contributed by atoms with Gasteiger partial charge in [-0.25, -0.2) is 17.4 Å². The smallest absolute Gasteiger partial charge is 0.258 e. The van der Waals surface area contributed by atoms with Crippen LogP contribution in [0.2, 0.25) is 0 Å². The third-order valence-corrected chi connectivity index (χ3v) is 5.20. The molecule has 1 heterocycles. The van der Waals surface area contributed by atoms with E-state index >= 15 is 0 Å². The number of aromatic nitrogens is 2. The molecule has 3 rings (SSSR count). The van der Waals surface area contributed by atoms with Crippen LogP contribution in [0.25, 0.3) is 11.4 Å². The first-order valence-electron chi connectivity index (χ1n) is 7.00. The number of benzene rings is 2. The van der Waals surface area contributed by atoms with Gasteiger partial charge in [-0.1, -0.05) is 17.7 Å². The molecule has 3 aromatic rings. The van der Waals surface area contributed by atoms with Crippen LogP contribution < -0.4 is 0 Å². The monoisotopic (exact) mass is 343 g/mol. The number of non-ortho nitro benzene ring substituents is 1. The van der Waals surface area contributed by atoms with Crippen molar-refractivity contribution in [2.45, 2.75) is 11.8 Å². The minimum atomic E-state index is -3.80. The number of aryl methyl sites for hydroxylation is 1. The second kappa shape index (κ2) is 5.89. The first-order chi connectivity index (χ1) is 11.4. The molecular weight excluding hydrogens is 330 g/mol. The molecule has 122 valence electrons. The maximum Gasteiger partial charge on any atom is 0.269 e. The van der Waals surface area contributed by atoms with E-state index in [-0.39, 0.29) is 16.4 Å². The Kier molecular flexibility index (Phi) is 3.90. The standard InChI is InChI=1S/C16H13N3O4S/c1-12-2-8-15(9-3-12)24(22,23)18-11-10-17-16(18)13-4-6-14(7-5-13)19(20)21/h2-11H,1H3. The predicted octanol–water partition coefficient (Wildman–Crippen LogP) is 3.00. The average Bonchev–Trinajstić information content (AvgIpc) is 3.06. The van der Waals surface area contributed by atoms with E-state index in [0.29, 0.717) is 5.56 Å². The highest BCUT2D eigenvalue weighted by Gasteiger charge is 2.21. The number of nitro groups is 1. The molecule has 0 saturated carbocycles. The predicted molar refractivity (Wildman–Crippen MR) is 88.1 cm³/mol. The van der Waals surface area contributed by atoms with E-state index in [0.717, 1.165) is 9.54 Å².